The fraction of sp³-hybridized carbons (Fsp3) is 0.176. The van der Waals surface area contributed by atoms with Crippen LogP contribution < -0.4 is 11.1 Å². The molecule has 1 aliphatic rings. The molecule has 0 saturated heterocycles. The summed E-state index contributed by atoms with van der Waals surface area (Å²) >= 11 is 0. The third-order valence-electron chi connectivity index (χ3n) is 4.28. The van der Waals surface area contributed by atoms with Crippen molar-refractivity contribution < 1.29 is 8.42 Å². The van der Waals surface area contributed by atoms with E-state index in [1.807, 2.05) is 12.1 Å². The molecule has 0 amide bonds. The van der Waals surface area contributed by atoms with Crippen LogP contribution in [0.5, 0.6) is 0 Å². The van der Waals surface area contributed by atoms with E-state index >= 15 is 0 Å². The number of sulfone groups is 1. The van der Waals surface area contributed by atoms with Gasteiger partial charge in [-0.1, -0.05) is 6.07 Å². The van der Waals surface area contributed by atoms with Crippen molar-refractivity contribution in [2.45, 2.75) is 17.9 Å². The van der Waals surface area contributed by atoms with Gasteiger partial charge in [-0.05, 0) is 35.7 Å². The summed E-state index contributed by atoms with van der Waals surface area (Å²) in [6.45, 7) is 0.549. The minimum absolute atomic E-state index is 0.137. The first-order chi connectivity index (χ1) is 11.6. The van der Waals surface area contributed by atoms with E-state index in [0.717, 1.165) is 27.7 Å². The summed E-state index contributed by atoms with van der Waals surface area (Å²) in [6, 6.07) is 7.23. The second-order valence-corrected chi connectivity index (χ2v) is 7.89. The van der Waals surface area contributed by atoms with E-state index in [1.54, 1.807) is 30.7 Å². The number of nitrogens with one attached hydrogen (secondary N) is 1. The fourth-order valence-corrected chi connectivity index (χ4v) is 4.67. The first kappa shape index (κ1) is 14.9. The normalized spacial score (nSPS) is 15.3. The Morgan fingerprint density at radius 2 is 2.08 bits per heavy atom. The second kappa shape index (κ2) is 5.45. The molecule has 3 aromatic rings. The maximum absolute atomic E-state index is 12.2. The zero-order chi connectivity index (χ0) is 16.7. The summed E-state index contributed by atoms with van der Waals surface area (Å²) in [5.41, 5.74) is 9.93. The Bertz CT molecular complexity index is 1030. The Labute approximate surface area is 139 Å². The predicted octanol–water partition coefficient (Wildman–Crippen LogP) is 2.15. The highest BCUT2D eigenvalue weighted by Crippen LogP contribution is 2.38. The van der Waals surface area contributed by atoms with Crippen molar-refractivity contribution in [1.82, 2.24) is 9.97 Å². The zero-order valence-electron chi connectivity index (χ0n) is 12.9. The minimum Gasteiger partial charge on any atom is -0.396 e. The maximum Gasteiger partial charge on any atom is 0.179 e. The van der Waals surface area contributed by atoms with E-state index in [-0.39, 0.29) is 5.75 Å². The molecule has 0 spiro atoms. The molecule has 2 aromatic heterocycles. The van der Waals surface area contributed by atoms with Crippen molar-refractivity contribution in [3.8, 4) is 0 Å². The van der Waals surface area contributed by atoms with E-state index in [4.69, 9.17) is 5.73 Å². The quantitative estimate of drug-likeness (QED) is 0.758. The van der Waals surface area contributed by atoms with E-state index in [2.05, 4.69) is 15.3 Å². The molecular weight excluding hydrogens is 324 g/mol. The molecule has 7 heteroatoms. The van der Waals surface area contributed by atoms with Gasteiger partial charge in [0.25, 0.3) is 0 Å². The number of nitrogen functional groups attached to an aromatic ring is 1. The van der Waals surface area contributed by atoms with Crippen molar-refractivity contribution in [1.29, 1.82) is 0 Å². The molecule has 0 bridgehead atoms. The first-order valence-electron chi connectivity index (χ1n) is 7.62. The molecule has 3 N–H and O–H groups in total. The molecule has 0 saturated carbocycles. The van der Waals surface area contributed by atoms with Crippen molar-refractivity contribution >= 4 is 32.1 Å². The van der Waals surface area contributed by atoms with Crippen LogP contribution in [0.2, 0.25) is 0 Å². The molecule has 0 aliphatic carbocycles. The summed E-state index contributed by atoms with van der Waals surface area (Å²) in [5.74, 6) is 0.137. The van der Waals surface area contributed by atoms with Crippen LogP contribution in [-0.2, 0) is 22.8 Å². The number of hydrogen-bond acceptors (Lipinski definition) is 6. The Morgan fingerprint density at radius 3 is 2.88 bits per heavy atom. The lowest BCUT2D eigenvalue weighted by Gasteiger charge is -2.14. The predicted molar refractivity (Wildman–Crippen MR) is 93.5 cm³/mol. The van der Waals surface area contributed by atoms with E-state index < -0.39 is 9.84 Å². The third kappa shape index (κ3) is 2.37. The van der Waals surface area contributed by atoms with E-state index in [1.165, 1.54) is 0 Å². The van der Waals surface area contributed by atoms with Gasteiger partial charge in [0.1, 0.15) is 0 Å². The van der Waals surface area contributed by atoms with Gasteiger partial charge in [0.15, 0.2) is 9.84 Å². The number of fused-ring (bicyclic) bond motifs is 3. The van der Waals surface area contributed by atoms with Gasteiger partial charge in [0.2, 0.25) is 0 Å². The SMILES string of the molecule is Nc1cnc2ccc3c(c2c1NCc1cccnc1)CCS3(=O)=O. The number of anilines is 2. The smallest absolute Gasteiger partial charge is 0.179 e. The molecule has 0 fully saturated rings. The second-order valence-electron chi connectivity index (χ2n) is 5.81. The number of hydrogen-bond donors (Lipinski definition) is 2. The van der Waals surface area contributed by atoms with Gasteiger partial charge in [-0.3, -0.25) is 9.97 Å². The van der Waals surface area contributed by atoms with Gasteiger partial charge in [0, 0.05) is 24.3 Å². The van der Waals surface area contributed by atoms with Gasteiger partial charge in [-0.2, -0.15) is 0 Å². The topological polar surface area (TPSA) is 98.0 Å². The molecule has 3 heterocycles. The standard InChI is InChI=1S/C17H16N4O2S/c18-13-10-20-14-3-4-15-12(5-7-24(15,22)23)16(14)17(13)21-9-11-2-1-6-19-8-11/h1-4,6,8,10H,5,7,9,18H2,(H,20,21). The van der Waals surface area contributed by atoms with Gasteiger partial charge >= 0.3 is 0 Å². The van der Waals surface area contributed by atoms with Crippen LogP contribution in [0.15, 0.2) is 47.8 Å². The molecule has 4 rings (SSSR count). The summed E-state index contributed by atoms with van der Waals surface area (Å²) < 4.78 is 24.4. The summed E-state index contributed by atoms with van der Waals surface area (Å²) in [4.78, 5) is 8.84. The summed E-state index contributed by atoms with van der Waals surface area (Å²) in [6.07, 6.45) is 5.59. The highest BCUT2D eigenvalue weighted by molar-refractivity contribution is 7.91. The van der Waals surface area contributed by atoms with Crippen LogP contribution >= 0.6 is 0 Å². The van der Waals surface area contributed by atoms with Gasteiger partial charge < -0.3 is 11.1 Å². The number of rotatable bonds is 3. The Kier molecular flexibility index (Phi) is 3.38. The van der Waals surface area contributed by atoms with Crippen LogP contribution in [0.3, 0.4) is 0 Å². The minimum atomic E-state index is -3.20. The fourth-order valence-electron chi connectivity index (χ4n) is 3.12. The molecule has 0 unspecified atom stereocenters. The summed E-state index contributed by atoms with van der Waals surface area (Å²) in [5, 5.41) is 4.13. The van der Waals surface area contributed by atoms with Crippen molar-refractivity contribution in [3.05, 3.63) is 54.0 Å². The average Bonchev–Trinajstić information content (AvgIpc) is 2.90. The lowest BCUT2D eigenvalue weighted by molar-refractivity contribution is 0.600. The largest absolute Gasteiger partial charge is 0.396 e. The van der Waals surface area contributed by atoms with Crippen molar-refractivity contribution in [3.63, 3.8) is 0 Å². The summed E-state index contributed by atoms with van der Waals surface area (Å²) in [7, 11) is -3.20. The number of benzene rings is 1. The molecule has 24 heavy (non-hydrogen) atoms. The van der Waals surface area contributed by atoms with Crippen molar-refractivity contribution in [2.75, 3.05) is 16.8 Å². The number of aromatic nitrogens is 2. The van der Waals surface area contributed by atoms with Gasteiger partial charge in [0.05, 0.1) is 33.7 Å². The van der Waals surface area contributed by atoms with Crippen LogP contribution in [-0.4, -0.2) is 24.1 Å². The third-order valence-corrected chi connectivity index (χ3v) is 6.07. The van der Waals surface area contributed by atoms with Gasteiger partial charge in [-0.25, -0.2) is 8.42 Å². The van der Waals surface area contributed by atoms with E-state index in [9.17, 15) is 8.42 Å². The molecule has 1 aromatic carbocycles. The lowest BCUT2D eigenvalue weighted by Crippen LogP contribution is -2.05. The van der Waals surface area contributed by atoms with Crippen LogP contribution in [0.1, 0.15) is 11.1 Å². The lowest BCUT2D eigenvalue weighted by atomic mass is 10.0. The Morgan fingerprint density at radius 1 is 1.21 bits per heavy atom. The molecule has 0 radical (unpaired) electrons. The van der Waals surface area contributed by atoms with Crippen LogP contribution in [0.25, 0.3) is 10.9 Å². The van der Waals surface area contributed by atoms with Crippen LogP contribution in [0.4, 0.5) is 11.4 Å². The Hall–Kier alpha value is -2.67. The molecular formula is C17H16N4O2S. The van der Waals surface area contributed by atoms with Gasteiger partial charge in [-0.15, -0.1) is 0 Å². The van der Waals surface area contributed by atoms with Crippen LogP contribution in [0, 0.1) is 0 Å². The molecule has 0 atom stereocenters. The molecule has 122 valence electrons. The number of aryl methyl sites for hydroxylation is 1. The zero-order valence-corrected chi connectivity index (χ0v) is 13.7. The highest BCUT2D eigenvalue weighted by atomic mass is 32.2. The molecule has 6 nitrogen and oxygen atoms in total. The first-order valence-corrected chi connectivity index (χ1v) is 9.27. The number of pyridine rings is 2. The number of nitrogens with zero attached hydrogens (tertiary/aromatic N) is 2. The maximum atomic E-state index is 12.2. The Balaban J connectivity index is 1.85. The monoisotopic (exact) mass is 340 g/mol. The highest BCUT2D eigenvalue weighted by Gasteiger charge is 2.29. The number of nitrogens with two attached hydrogens (primary N) is 1. The van der Waals surface area contributed by atoms with Crippen molar-refractivity contribution in [2.24, 2.45) is 0 Å². The van der Waals surface area contributed by atoms with E-state index in [0.29, 0.717) is 23.5 Å². The molecule has 1 aliphatic heterocycles. The average molecular weight is 340 g/mol.